The second-order valence-electron chi connectivity index (χ2n) is 4.65. The van der Waals surface area contributed by atoms with E-state index in [2.05, 4.69) is 29.8 Å². The molecule has 0 fully saturated rings. The van der Waals surface area contributed by atoms with Crippen LogP contribution in [0.4, 0.5) is 0 Å². The molecule has 2 aromatic rings. The molecule has 1 aromatic carbocycles. The zero-order valence-electron chi connectivity index (χ0n) is 11.5. The first-order valence-electron chi connectivity index (χ1n) is 6.51. The molecule has 1 unspecified atom stereocenters. The Morgan fingerprint density at radius 3 is 3.05 bits per heavy atom. The zero-order valence-corrected chi connectivity index (χ0v) is 12.3. The summed E-state index contributed by atoms with van der Waals surface area (Å²) in [5.41, 5.74) is 1.12. The van der Waals surface area contributed by atoms with Gasteiger partial charge in [0.15, 0.2) is 11.5 Å². The highest BCUT2D eigenvalue weighted by atomic mass is 32.1. The molecule has 20 heavy (non-hydrogen) atoms. The topological polar surface area (TPSA) is 39.7 Å². The maximum atomic E-state index is 5.43. The highest BCUT2D eigenvalue weighted by molar-refractivity contribution is 7.10. The molecule has 0 bridgehead atoms. The number of methoxy groups -OCH3 is 1. The fourth-order valence-electron chi connectivity index (χ4n) is 2.20. The number of hydrogen-bond donors (Lipinski definition) is 1. The second-order valence-corrected chi connectivity index (χ2v) is 5.63. The van der Waals surface area contributed by atoms with Gasteiger partial charge in [-0.15, -0.1) is 11.3 Å². The minimum atomic E-state index is 0.258. The Bertz CT molecular complexity index is 583. The van der Waals surface area contributed by atoms with Crippen LogP contribution in [0.5, 0.6) is 17.2 Å². The Morgan fingerprint density at radius 1 is 1.40 bits per heavy atom. The normalized spacial score (nSPS) is 14.3. The fraction of sp³-hybridized carbons (Fsp3) is 0.333. The van der Waals surface area contributed by atoms with E-state index >= 15 is 0 Å². The van der Waals surface area contributed by atoms with Gasteiger partial charge in [0.25, 0.3) is 0 Å². The van der Waals surface area contributed by atoms with Crippen molar-refractivity contribution >= 4 is 11.3 Å². The van der Waals surface area contributed by atoms with E-state index in [1.165, 1.54) is 4.88 Å². The number of hydrogen-bond acceptors (Lipinski definition) is 5. The van der Waals surface area contributed by atoms with Crippen molar-refractivity contribution in [3.63, 3.8) is 0 Å². The van der Waals surface area contributed by atoms with Crippen LogP contribution in [0, 0.1) is 0 Å². The number of nitrogens with one attached hydrogen (secondary N) is 1. The molecule has 1 aromatic heterocycles. The monoisotopic (exact) mass is 291 g/mol. The average molecular weight is 291 g/mol. The standard InChI is InChI=1S/C15H17NO3S/c1-10(14-4-3-5-20-14)16-8-11-6-12(17-2)15-13(7-11)18-9-19-15/h3-7,10,16H,8-9H2,1-2H3. The van der Waals surface area contributed by atoms with Crippen LogP contribution < -0.4 is 19.5 Å². The molecule has 1 aliphatic heterocycles. The molecule has 4 nitrogen and oxygen atoms in total. The first kappa shape index (κ1) is 13.3. The minimum Gasteiger partial charge on any atom is -0.493 e. The summed E-state index contributed by atoms with van der Waals surface area (Å²) in [5.74, 6) is 2.17. The molecule has 1 aliphatic rings. The van der Waals surface area contributed by atoms with Crippen molar-refractivity contribution in [1.82, 2.24) is 5.32 Å². The van der Waals surface area contributed by atoms with Crippen LogP contribution in [-0.2, 0) is 6.54 Å². The van der Waals surface area contributed by atoms with Gasteiger partial charge < -0.3 is 19.5 Å². The lowest BCUT2D eigenvalue weighted by atomic mass is 10.1. The number of ether oxygens (including phenoxy) is 3. The number of fused-ring (bicyclic) bond motifs is 1. The Morgan fingerprint density at radius 2 is 2.30 bits per heavy atom. The van der Waals surface area contributed by atoms with Crippen LogP contribution in [0.15, 0.2) is 29.6 Å². The third-order valence-corrected chi connectivity index (χ3v) is 4.36. The van der Waals surface area contributed by atoms with E-state index in [-0.39, 0.29) is 6.79 Å². The highest BCUT2D eigenvalue weighted by Crippen LogP contribution is 2.41. The van der Waals surface area contributed by atoms with Crippen LogP contribution in [0.1, 0.15) is 23.4 Å². The largest absolute Gasteiger partial charge is 0.493 e. The van der Waals surface area contributed by atoms with Crippen LogP contribution in [0.3, 0.4) is 0 Å². The predicted octanol–water partition coefficient (Wildman–Crippen LogP) is 3.34. The Hall–Kier alpha value is -1.72. The van der Waals surface area contributed by atoms with E-state index in [1.54, 1.807) is 18.4 Å². The zero-order chi connectivity index (χ0) is 13.9. The van der Waals surface area contributed by atoms with Gasteiger partial charge in [0, 0.05) is 17.5 Å². The fourth-order valence-corrected chi connectivity index (χ4v) is 2.95. The van der Waals surface area contributed by atoms with Gasteiger partial charge in [0.1, 0.15) is 0 Å². The van der Waals surface area contributed by atoms with Crippen molar-refractivity contribution in [2.24, 2.45) is 0 Å². The van der Waals surface area contributed by atoms with Crippen molar-refractivity contribution < 1.29 is 14.2 Å². The van der Waals surface area contributed by atoms with Crippen molar-refractivity contribution in [1.29, 1.82) is 0 Å². The molecule has 0 saturated heterocycles. The van der Waals surface area contributed by atoms with Crippen LogP contribution in [-0.4, -0.2) is 13.9 Å². The third-order valence-electron chi connectivity index (χ3n) is 3.30. The molecule has 1 atom stereocenters. The molecule has 0 radical (unpaired) electrons. The summed E-state index contributed by atoms with van der Waals surface area (Å²) in [6.07, 6.45) is 0. The molecule has 0 amide bonds. The molecule has 0 saturated carbocycles. The van der Waals surface area contributed by atoms with Gasteiger partial charge in [-0.3, -0.25) is 0 Å². The second kappa shape index (κ2) is 5.73. The summed E-state index contributed by atoms with van der Waals surface area (Å²) < 4.78 is 16.2. The van der Waals surface area contributed by atoms with Gasteiger partial charge in [-0.2, -0.15) is 0 Å². The Balaban J connectivity index is 1.72. The van der Waals surface area contributed by atoms with Crippen molar-refractivity contribution in [3.8, 4) is 17.2 Å². The summed E-state index contributed by atoms with van der Waals surface area (Å²) in [6, 6.07) is 8.52. The Kier molecular flexibility index (Phi) is 3.80. The van der Waals surface area contributed by atoms with Gasteiger partial charge >= 0.3 is 0 Å². The number of benzene rings is 1. The molecular formula is C15H17NO3S. The summed E-state index contributed by atoms with van der Waals surface area (Å²) in [6.45, 7) is 3.18. The van der Waals surface area contributed by atoms with Gasteiger partial charge in [-0.25, -0.2) is 0 Å². The molecule has 3 rings (SSSR count). The molecule has 1 N–H and O–H groups in total. The van der Waals surface area contributed by atoms with Crippen LogP contribution in [0.2, 0.25) is 0 Å². The smallest absolute Gasteiger partial charge is 0.231 e. The van der Waals surface area contributed by atoms with E-state index in [0.717, 1.165) is 23.6 Å². The lowest BCUT2D eigenvalue weighted by Crippen LogP contribution is -2.17. The van der Waals surface area contributed by atoms with E-state index in [9.17, 15) is 0 Å². The highest BCUT2D eigenvalue weighted by Gasteiger charge is 2.20. The summed E-state index contributed by atoms with van der Waals surface area (Å²) in [5, 5.41) is 5.60. The maximum absolute atomic E-state index is 5.43. The van der Waals surface area contributed by atoms with E-state index in [0.29, 0.717) is 11.8 Å². The van der Waals surface area contributed by atoms with Crippen molar-refractivity contribution in [2.45, 2.75) is 19.5 Å². The summed E-state index contributed by atoms with van der Waals surface area (Å²) >= 11 is 1.76. The van der Waals surface area contributed by atoms with Gasteiger partial charge in [0.2, 0.25) is 12.5 Å². The maximum Gasteiger partial charge on any atom is 0.231 e. The van der Waals surface area contributed by atoms with Gasteiger partial charge in [-0.1, -0.05) is 6.07 Å². The van der Waals surface area contributed by atoms with Crippen molar-refractivity contribution in [2.75, 3.05) is 13.9 Å². The van der Waals surface area contributed by atoms with Crippen molar-refractivity contribution in [3.05, 3.63) is 40.1 Å². The lowest BCUT2D eigenvalue weighted by Gasteiger charge is -2.13. The Labute approximate surface area is 122 Å². The SMILES string of the molecule is COc1cc(CNC(C)c2cccs2)cc2c1OCO2. The molecule has 5 heteroatoms. The van der Waals surface area contributed by atoms with Gasteiger partial charge in [-0.05, 0) is 36.1 Å². The van der Waals surface area contributed by atoms with E-state index in [1.807, 2.05) is 12.1 Å². The van der Waals surface area contributed by atoms with Crippen LogP contribution in [0.25, 0.3) is 0 Å². The minimum absolute atomic E-state index is 0.258. The molecular weight excluding hydrogens is 274 g/mol. The molecule has 106 valence electrons. The van der Waals surface area contributed by atoms with E-state index < -0.39 is 0 Å². The summed E-state index contributed by atoms with van der Waals surface area (Å²) in [4.78, 5) is 1.33. The number of thiophene rings is 1. The quantitative estimate of drug-likeness (QED) is 0.917. The molecule has 0 aliphatic carbocycles. The predicted molar refractivity (Wildman–Crippen MR) is 78.7 cm³/mol. The molecule has 2 heterocycles. The average Bonchev–Trinajstić information content (AvgIpc) is 3.14. The molecule has 0 spiro atoms. The first-order chi connectivity index (χ1) is 9.78. The lowest BCUT2D eigenvalue weighted by molar-refractivity contribution is 0.171. The first-order valence-corrected chi connectivity index (χ1v) is 7.39. The third kappa shape index (κ3) is 2.59. The van der Waals surface area contributed by atoms with Gasteiger partial charge in [0.05, 0.1) is 7.11 Å². The van der Waals surface area contributed by atoms with Crippen LogP contribution >= 0.6 is 11.3 Å². The summed E-state index contributed by atoms with van der Waals surface area (Å²) in [7, 11) is 1.64. The van der Waals surface area contributed by atoms with E-state index in [4.69, 9.17) is 14.2 Å². The number of rotatable bonds is 5.